The molecule has 1 N–H and O–H groups in total. The van der Waals surface area contributed by atoms with E-state index in [1.807, 2.05) is 41.2 Å². The molecular formula is C28H29Cl2N3O3. The van der Waals surface area contributed by atoms with Gasteiger partial charge in [0.1, 0.15) is 5.69 Å². The Kier molecular flexibility index (Phi) is 6.22. The second-order valence-corrected chi connectivity index (χ2v) is 11.0. The molecule has 2 aliphatic carbocycles. The molecule has 1 aliphatic heterocycles. The van der Waals surface area contributed by atoms with Crippen molar-refractivity contribution in [2.45, 2.75) is 69.7 Å². The van der Waals surface area contributed by atoms with Crippen LogP contribution in [-0.4, -0.2) is 39.0 Å². The van der Waals surface area contributed by atoms with Gasteiger partial charge in [-0.05, 0) is 80.0 Å². The minimum absolute atomic E-state index is 0.173. The van der Waals surface area contributed by atoms with Gasteiger partial charge in [0.2, 0.25) is 0 Å². The van der Waals surface area contributed by atoms with E-state index in [2.05, 4.69) is 16.9 Å². The Morgan fingerprint density at radius 2 is 1.83 bits per heavy atom. The van der Waals surface area contributed by atoms with E-state index in [1.165, 1.54) is 18.4 Å². The van der Waals surface area contributed by atoms with E-state index in [0.29, 0.717) is 51.8 Å². The predicted molar refractivity (Wildman–Crippen MR) is 141 cm³/mol. The maximum atomic E-state index is 11.3. The number of ether oxygens (including phenoxy) is 1. The summed E-state index contributed by atoms with van der Waals surface area (Å²) in [6, 6.07) is 13.6. The molecule has 4 atom stereocenters. The molecule has 8 heteroatoms. The minimum atomic E-state index is -0.895. The van der Waals surface area contributed by atoms with Gasteiger partial charge in [-0.15, -0.1) is 0 Å². The number of aromatic nitrogens is 2. The molecule has 188 valence electrons. The summed E-state index contributed by atoms with van der Waals surface area (Å²) in [5, 5.41) is 15.1. The number of carbonyl (C=O) groups is 1. The number of hydrogen-bond donors (Lipinski definition) is 1. The first kappa shape index (κ1) is 23.8. The quantitative estimate of drug-likeness (QED) is 0.353. The van der Waals surface area contributed by atoms with Crippen molar-refractivity contribution in [2.75, 3.05) is 4.90 Å². The maximum Gasteiger partial charge on any atom is 0.335 e. The van der Waals surface area contributed by atoms with Crippen LogP contribution >= 0.6 is 23.2 Å². The first-order chi connectivity index (χ1) is 17.5. The highest BCUT2D eigenvalue weighted by Crippen LogP contribution is 2.48. The molecule has 1 aromatic heterocycles. The van der Waals surface area contributed by atoms with Crippen LogP contribution in [0.4, 0.5) is 5.69 Å². The molecule has 2 bridgehead atoms. The smallest absolute Gasteiger partial charge is 0.335 e. The number of para-hydroxylation sites is 1. The van der Waals surface area contributed by atoms with Gasteiger partial charge in [0.25, 0.3) is 0 Å². The third-order valence-electron chi connectivity index (χ3n) is 8.10. The summed E-state index contributed by atoms with van der Waals surface area (Å²) >= 11 is 13.1. The lowest BCUT2D eigenvalue weighted by Crippen LogP contribution is -2.46. The fourth-order valence-corrected chi connectivity index (χ4v) is 6.88. The Bertz CT molecular complexity index is 1270. The van der Waals surface area contributed by atoms with Crippen molar-refractivity contribution in [2.24, 2.45) is 5.92 Å². The van der Waals surface area contributed by atoms with E-state index in [-0.39, 0.29) is 6.10 Å². The third-order valence-corrected chi connectivity index (χ3v) is 8.71. The lowest BCUT2D eigenvalue weighted by molar-refractivity contribution is -0.000564. The Hall–Kier alpha value is -2.54. The molecule has 2 saturated carbocycles. The van der Waals surface area contributed by atoms with Crippen LogP contribution in [-0.2, 0) is 11.3 Å². The van der Waals surface area contributed by atoms with Crippen molar-refractivity contribution >= 4 is 34.9 Å². The maximum absolute atomic E-state index is 11.3. The zero-order chi connectivity index (χ0) is 25.0. The summed E-state index contributed by atoms with van der Waals surface area (Å²) in [5.74, 6) is 0.0722. The summed E-state index contributed by atoms with van der Waals surface area (Å²) in [5.41, 5.74) is 4.41. The molecular weight excluding hydrogens is 497 g/mol. The predicted octanol–water partition coefficient (Wildman–Crippen LogP) is 6.72. The highest BCUT2D eigenvalue weighted by Gasteiger charge is 2.51. The molecule has 6 nitrogen and oxygen atoms in total. The number of anilines is 1. The molecule has 6 rings (SSSR count). The molecule has 3 fully saturated rings. The van der Waals surface area contributed by atoms with E-state index in [0.717, 1.165) is 30.6 Å². The zero-order valence-corrected chi connectivity index (χ0v) is 21.6. The molecule has 2 aromatic carbocycles. The van der Waals surface area contributed by atoms with Crippen LogP contribution in [0.5, 0.6) is 0 Å². The molecule has 0 spiro atoms. The number of benzene rings is 2. The topological polar surface area (TPSA) is 67.6 Å². The standard InChI is InChI=1S/C28H29Cl2N3O3/c1-2-24-20-12-19(32(24)18-10-8-17(9-11-18)28(34)35)13-26(20)36-15-25-21(16-6-7-16)14-31-33(25)27-22(29)4-3-5-23(27)30/h3-5,8-11,14,16,19-20,24,26H,2,6-7,12-13,15H2,1H3,(H,34,35)/t19-,20-,24+,26?/m0/s1. The summed E-state index contributed by atoms with van der Waals surface area (Å²) in [6.07, 6.45) is 7.55. The van der Waals surface area contributed by atoms with E-state index < -0.39 is 5.97 Å². The van der Waals surface area contributed by atoms with E-state index in [4.69, 9.17) is 27.9 Å². The van der Waals surface area contributed by atoms with Crippen LogP contribution in [0.15, 0.2) is 48.7 Å². The highest BCUT2D eigenvalue weighted by atomic mass is 35.5. The van der Waals surface area contributed by atoms with Gasteiger partial charge in [0, 0.05) is 23.7 Å². The van der Waals surface area contributed by atoms with Gasteiger partial charge in [0.05, 0.1) is 40.2 Å². The van der Waals surface area contributed by atoms with Gasteiger partial charge in [-0.1, -0.05) is 36.2 Å². The monoisotopic (exact) mass is 525 g/mol. The van der Waals surface area contributed by atoms with Crippen LogP contribution in [0.2, 0.25) is 10.0 Å². The average Bonchev–Trinajstić information content (AvgIpc) is 3.36. The van der Waals surface area contributed by atoms with E-state index in [1.54, 1.807) is 12.1 Å². The van der Waals surface area contributed by atoms with Crippen molar-refractivity contribution in [1.82, 2.24) is 9.78 Å². The van der Waals surface area contributed by atoms with Crippen molar-refractivity contribution in [1.29, 1.82) is 0 Å². The van der Waals surface area contributed by atoms with Crippen molar-refractivity contribution in [3.63, 3.8) is 0 Å². The average molecular weight is 526 g/mol. The zero-order valence-electron chi connectivity index (χ0n) is 20.1. The molecule has 3 aliphatic rings. The van der Waals surface area contributed by atoms with Crippen molar-refractivity contribution < 1.29 is 14.6 Å². The van der Waals surface area contributed by atoms with Crippen molar-refractivity contribution in [3.05, 3.63) is 75.5 Å². The van der Waals surface area contributed by atoms with Gasteiger partial charge in [-0.25, -0.2) is 9.48 Å². The molecule has 0 radical (unpaired) electrons. The summed E-state index contributed by atoms with van der Waals surface area (Å²) < 4.78 is 8.53. The SMILES string of the molecule is CC[C@@H]1[C@@H]2C[C@@H](CC2OCc2c(C3CC3)cnn2-c2c(Cl)cccc2Cl)N1c1ccc(C(=O)O)cc1. The Labute approximate surface area is 220 Å². The number of fused-ring (bicyclic) bond motifs is 2. The summed E-state index contributed by atoms with van der Waals surface area (Å²) in [4.78, 5) is 13.8. The van der Waals surface area contributed by atoms with Crippen LogP contribution in [0, 0.1) is 5.92 Å². The Morgan fingerprint density at radius 1 is 1.11 bits per heavy atom. The number of nitrogens with zero attached hydrogens (tertiary/aromatic N) is 3. The van der Waals surface area contributed by atoms with Gasteiger partial charge in [-0.3, -0.25) is 0 Å². The number of carboxylic acid groups (broad SMARTS) is 1. The Balaban J connectivity index is 1.22. The fourth-order valence-electron chi connectivity index (χ4n) is 6.32. The molecule has 36 heavy (non-hydrogen) atoms. The van der Waals surface area contributed by atoms with Crippen LogP contribution < -0.4 is 4.90 Å². The van der Waals surface area contributed by atoms with Crippen LogP contribution in [0.1, 0.15) is 66.6 Å². The molecule has 0 amide bonds. The summed E-state index contributed by atoms with van der Waals surface area (Å²) in [6.45, 7) is 2.70. The highest BCUT2D eigenvalue weighted by molar-refractivity contribution is 6.37. The van der Waals surface area contributed by atoms with Crippen LogP contribution in [0.25, 0.3) is 5.69 Å². The second-order valence-electron chi connectivity index (χ2n) is 10.2. The number of hydrogen-bond acceptors (Lipinski definition) is 4. The van der Waals surface area contributed by atoms with Gasteiger partial charge < -0.3 is 14.7 Å². The number of carboxylic acids is 1. The van der Waals surface area contributed by atoms with E-state index >= 15 is 0 Å². The fraction of sp³-hybridized carbons (Fsp3) is 0.429. The van der Waals surface area contributed by atoms with Crippen LogP contribution in [0.3, 0.4) is 0 Å². The summed E-state index contributed by atoms with van der Waals surface area (Å²) in [7, 11) is 0. The minimum Gasteiger partial charge on any atom is -0.478 e. The third kappa shape index (κ3) is 4.09. The van der Waals surface area contributed by atoms with Gasteiger partial charge in [0.15, 0.2) is 0 Å². The van der Waals surface area contributed by atoms with Gasteiger partial charge in [-0.2, -0.15) is 5.10 Å². The lowest BCUT2D eigenvalue weighted by Gasteiger charge is -2.40. The number of halogens is 2. The van der Waals surface area contributed by atoms with Gasteiger partial charge >= 0.3 is 5.97 Å². The number of rotatable bonds is 8. The molecule has 2 heterocycles. The Morgan fingerprint density at radius 3 is 2.47 bits per heavy atom. The number of aromatic carboxylic acids is 1. The molecule has 1 saturated heterocycles. The largest absolute Gasteiger partial charge is 0.478 e. The molecule has 1 unspecified atom stereocenters. The normalized spacial score (nSPS) is 25.0. The van der Waals surface area contributed by atoms with Crippen molar-refractivity contribution in [3.8, 4) is 5.69 Å². The number of piperidine rings is 1. The molecule has 3 aromatic rings. The lowest BCUT2D eigenvalue weighted by atomic mass is 9.93. The second kappa shape index (κ2) is 9.40. The first-order valence-electron chi connectivity index (χ1n) is 12.7. The first-order valence-corrected chi connectivity index (χ1v) is 13.5. The van der Waals surface area contributed by atoms with E-state index in [9.17, 15) is 9.90 Å².